The molecule has 0 bridgehead atoms. The first-order chi connectivity index (χ1) is 20.9. The van der Waals surface area contributed by atoms with Gasteiger partial charge in [0.15, 0.2) is 0 Å². The van der Waals surface area contributed by atoms with Crippen LogP contribution in [0.5, 0.6) is 17.2 Å². The molecule has 3 radical (unpaired) electrons. The van der Waals surface area contributed by atoms with Crippen LogP contribution < -0.4 is 0 Å². The Morgan fingerprint density at radius 2 is 0.795 bits per heavy atom. The number of aryl methyl sites for hydroxylation is 2. The topological polar surface area (TPSA) is 86.5 Å². The number of phenols is 3. The van der Waals surface area contributed by atoms with Gasteiger partial charge in [-0.3, -0.25) is 0 Å². The van der Waals surface area contributed by atoms with Crippen LogP contribution in [0.15, 0.2) is 140 Å². The number of phenolic OH excluding ortho intramolecular Hbond substituents is 3. The van der Waals surface area contributed by atoms with E-state index >= 15 is 0 Å². The predicted octanol–water partition coefficient (Wildman–Crippen LogP) is 8.84. The van der Waals surface area contributed by atoms with Gasteiger partial charge in [0.25, 0.3) is 0 Å². The summed E-state index contributed by atoms with van der Waals surface area (Å²) in [4.78, 5) is 8.45. The second-order valence-corrected chi connectivity index (χ2v) is 10.0. The van der Waals surface area contributed by atoms with Crippen molar-refractivity contribution < 1.29 is 15.3 Å². The Labute approximate surface area is 267 Å². The van der Waals surface area contributed by atoms with Crippen LogP contribution in [0.1, 0.15) is 11.4 Å². The van der Waals surface area contributed by atoms with Gasteiger partial charge in [0.2, 0.25) is 0 Å². The lowest BCUT2D eigenvalue weighted by Gasteiger charge is -2.10. The standard InChI is InChI=1S/C18H14O.2C10H9NO.Al/c19-18-16(14-8-3-1-4-9-14)12-7-13-17(18)15-10-5-2-6-11-15;2*1-7-5-6-8-3-2-4-9(12)10(8)11-7;/h1-13,19H;2*2-6,12H,1H3;. The van der Waals surface area contributed by atoms with E-state index < -0.39 is 0 Å². The maximum absolute atomic E-state index is 10.5. The molecule has 3 N–H and O–H groups in total. The fraction of sp³-hybridized carbons (Fsp3) is 0.0526. The number of rotatable bonds is 2. The summed E-state index contributed by atoms with van der Waals surface area (Å²) in [5.41, 5.74) is 6.97. The minimum Gasteiger partial charge on any atom is -0.507 e. The van der Waals surface area contributed by atoms with Crippen LogP contribution in [0.25, 0.3) is 44.1 Å². The molecule has 0 aliphatic heterocycles. The molecule has 44 heavy (non-hydrogen) atoms. The zero-order chi connectivity index (χ0) is 30.2. The van der Waals surface area contributed by atoms with Gasteiger partial charge >= 0.3 is 0 Å². The predicted molar refractivity (Wildman–Crippen MR) is 181 cm³/mol. The second kappa shape index (κ2) is 14.8. The highest BCUT2D eigenvalue weighted by Gasteiger charge is 2.09. The van der Waals surface area contributed by atoms with Gasteiger partial charge < -0.3 is 15.3 Å². The molecule has 7 rings (SSSR count). The fourth-order valence-electron chi connectivity index (χ4n) is 4.70. The number of benzene rings is 5. The van der Waals surface area contributed by atoms with Crippen LogP contribution in [0.3, 0.4) is 0 Å². The molecular weight excluding hydrogens is 559 g/mol. The largest absolute Gasteiger partial charge is 0.507 e. The summed E-state index contributed by atoms with van der Waals surface area (Å²) < 4.78 is 0. The summed E-state index contributed by atoms with van der Waals surface area (Å²) in [6.07, 6.45) is 0. The van der Waals surface area contributed by atoms with Crippen molar-refractivity contribution in [1.29, 1.82) is 0 Å². The number of fused-ring (bicyclic) bond motifs is 2. The monoisotopic (exact) mass is 591 g/mol. The van der Waals surface area contributed by atoms with Gasteiger partial charge in [-0.15, -0.1) is 0 Å². The number of hydrogen-bond donors (Lipinski definition) is 3. The van der Waals surface area contributed by atoms with E-state index in [0.29, 0.717) is 16.8 Å². The zero-order valence-corrected chi connectivity index (χ0v) is 25.7. The van der Waals surface area contributed by atoms with Gasteiger partial charge in [-0.2, -0.15) is 0 Å². The van der Waals surface area contributed by atoms with Crippen LogP contribution in [-0.4, -0.2) is 42.6 Å². The van der Waals surface area contributed by atoms with Crippen LogP contribution in [0.2, 0.25) is 0 Å². The number of pyridine rings is 2. The minimum atomic E-state index is 0. The summed E-state index contributed by atoms with van der Waals surface area (Å²) in [7, 11) is 0. The smallest absolute Gasteiger partial charge is 0.141 e. The van der Waals surface area contributed by atoms with Gasteiger partial charge in [0.05, 0.1) is 0 Å². The van der Waals surface area contributed by atoms with E-state index in [-0.39, 0.29) is 28.9 Å². The van der Waals surface area contributed by atoms with Crippen LogP contribution in [0.4, 0.5) is 0 Å². The first-order valence-corrected chi connectivity index (χ1v) is 13.9. The zero-order valence-electron chi connectivity index (χ0n) is 24.6. The van der Waals surface area contributed by atoms with Gasteiger partial charge in [-0.1, -0.05) is 115 Å². The number of nitrogens with zero attached hydrogens (tertiary/aromatic N) is 2. The number of hydrogen-bond acceptors (Lipinski definition) is 5. The Hall–Kier alpha value is -5.15. The molecule has 0 saturated heterocycles. The first-order valence-electron chi connectivity index (χ1n) is 13.9. The van der Waals surface area contributed by atoms with E-state index in [0.717, 1.165) is 44.4 Å². The van der Waals surface area contributed by atoms with E-state index in [4.69, 9.17) is 0 Å². The van der Waals surface area contributed by atoms with Crippen LogP contribution >= 0.6 is 0 Å². The summed E-state index contributed by atoms with van der Waals surface area (Å²) in [6, 6.07) is 44.3. The second-order valence-electron chi connectivity index (χ2n) is 10.0. The summed E-state index contributed by atoms with van der Waals surface area (Å²) in [5, 5.41) is 31.3. The highest BCUT2D eigenvalue weighted by molar-refractivity contribution is 5.85. The van der Waals surface area contributed by atoms with E-state index in [2.05, 4.69) is 9.97 Å². The third kappa shape index (κ3) is 7.62. The van der Waals surface area contributed by atoms with Crippen molar-refractivity contribution in [1.82, 2.24) is 9.97 Å². The SMILES string of the molecule is Cc1ccc2cccc(O)c2n1.Cc1ccc2cccc(O)c2n1.Oc1c(-c2ccccc2)cccc1-c1ccccc1.[Al]. The Morgan fingerprint density at radius 1 is 0.409 bits per heavy atom. The van der Waals surface area contributed by atoms with E-state index in [1.165, 1.54) is 0 Å². The molecular formula is C38H32AlN2O3. The Kier molecular flexibility index (Phi) is 10.7. The van der Waals surface area contributed by atoms with Crippen molar-refractivity contribution in [3.05, 3.63) is 151 Å². The molecule has 0 aliphatic carbocycles. The molecule has 6 heteroatoms. The molecule has 0 spiro atoms. The lowest BCUT2D eigenvalue weighted by molar-refractivity contribution is 0.479. The Morgan fingerprint density at radius 3 is 1.20 bits per heavy atom. The summed E-state index contributed by atoms with van der Waals surface area (Å²) in [5.74, 6) is 0.826. The highest BCUT2D eigenvalue weighted by atomic mass is 27.0. The minimum absolute atomic E-state index is 0. The summed E-state index contributed by atoms with van der Waals surface area (Å²) in [6.45, 7) is 3.82. The van der Waals surface area contributed by atoms with Crippen molar-refractivity contribution >= 4 is 39.2 Å². The normalized spacial score (nSPS) is 10.1. The van der Waals surface area contributed by atoms with Crippen molar-refractivity contribution in [2.45, 2.75) is 13.8 Å². The molecule has 0 fully saturated rings. The Balaban J connectivity index is 0.000000155. The third-order valence-corrected chi connectivity index (χ3v) is 6.88. The number of aromatic nitrogens is 2. The van der Waals surface area contributed by atoms with Crippen molar-refractivity contribution in [3.63, 3.8) is 0 Å². The van der Waals surface area contributed by atoms with Crippen LogP contribution in [0, 0.1) is 13.8 Å². The maximum atomic E-state index is 10.5. The average Bonchev–Trinajstić information content (AvgIpc) is 3.04. The molecule has 5 aromatic carbocycles. The van der Waals surface area contributed by atoms with E-state index in [1.54, 1.807) is 12.1 Å². The number of aromatic hydroxyl groups is 3. The van der Waals surface area contributed by atoms with Crippen molar-refractivity contribution in [2.24, 2.45) is 0 Å². The van der Waals surface area contributed by atoms with Gasteiger partial charge in [-0.25, -0.2) is 9.97 Å². The highest BCUT2D eigenvalue weighted by Crippen LogP contribution is 2.37. The average molecular weight is 592 g/mol. The molecule has 5 nitrogen and oxygen atoms in total. The molecule has 0 atom stereocenters. The fourth-order valence-corrected chi connectivity index (χ4v) is 4.70. The third-order valence-electron chi connectivity index (χ3n) is 6.88. The van der Waals surface area contributed by atoms with Crippen LogP contribution in [-0.2, 0) is 0 Å². The van der Waals surface area contributed by atoms with Gasteiger partial charge in [-0.05, 0) is 49.2 Å². The van der Waals surface area contributed by atoms with Crippen molar-refractivity contribution in [2.75, 3.05) is 0 Å². The van der Waals surface area contributed by atoms with E-state index in [9.17, 15) is 15.3 Å². The van der Waals surface area contributed by atoms with Gasteiger partial charge in [0.1, 0.15) is 28.3 Å². The lowest BCUT2D eigenvalue weighted by Crippen LogP contribution is -1.83. The summed E-state index contributed by atoms with van der Waals surface area (Å²) >= 11 is 0. The molecule has 0 unspecified atom stereocenters. The Bertz CT molecular complexity index is 1840. The molecule has 0 amide bonds. The molecule has 2 aromatic heterocycles. The molecule has 2 heterocycles. The number of para-hydroxylation sites is 3. The lowest BCUT2D eigenvalue weighted by atomic mass is 9.97. The van der Waals surface area contributed by atoms with E-state index in [1.807, 2.05) is 141 Å². The molecule has 7 aromatic rings. The molecule has 0 aliphatic rings. The first kappa shape index (κ1) is 31.8. The molecule has 215 valence electrons. The van der Waals surface area contributed by atoms with Gasteiger partial charge in [0, 0.05) is 50.6 Å². The quantitative estimate of drug-likeness (QED) is 0.175. The maximum Gasteiger partial charge on any atom is 0.141 e. The molecule has 0 saturated carbocycles. The van der Waals surface area contributed by atoms with Crippen molar-refractivity contribution in [3.8, 4) is 39.5 Å².